The standard InChI is InChI=1S/C7H11N.CH4/c1-5-4-6(2)8-7(5)3;/h4H2,1-3H3;1H4. The lowest BCUT2D eigenvalue weighted by Crippen LogP contribution is -1.82. The Kier molecular flexibility index (Phi) is 2.63. The van der Waals surface area contributed by atoms with E-state index >= 15 is 0 Å². The summed E-state index contributed by atoms with van der Waals surface area (Å²) in [6, 6.07) is 0. The van der Waals surface area contributed by atoms with Crippen LogP contribution in [-0.2, 0) is 0 Å². The first kappa shape index (κ1) is 8.41. The number of nitrogens with zero attached hydrogens (tertiary/aromatic N) is 1. The van der Waals surface area contributed by atoms with E-state index < -0.39 is 0 Å². The summed E-state index contributed by atoms with van der Waals surface area (Å²) < 4.78 is 0. The summed E-state index contributed by atoms with van der Waals surface area (Å²) in [7, 11) is 0. The molecule has 0 saturated heterocycles. The van der Waals surface area contributed by atoms with Crippen molar-refractivity contribution >= 4 is 5.71 Å². The molecule has 0 aromatic heterocycles. The zero-order chi connectivity index (χ0) is 6.15. The Balaban J connectivity index is 0.000000640. The molecule has 0 aromatic rings. The van der Waals surface area contributed by atoms with Gasteiger partial charge >= 0.3 is 0 Å². The van der Waals surface area contributed by atoms with Crippen molar-refractivity contribution in [2.45, 2.75) is 34.6 Å². The highest BCUT2D eigenvalue weighted by molar-refractivity contribution is 5.87. The average molecular weight is 125 g/mol. The van der Waals surface area contributed by atoms with Crippen LogP contribution >= 0.6 is 0 Å². The number of allylic oxidation sites excluding steroid dienone is 2. The summed E-state index contributed by atoms with van der Waals surface area (Å²) in [6.07, 6.45) is 1.09. The van der Waals surface area contributed by atoms with Crippen LogP contribution in [0.25, 0.3) is 0 Å². The van der Waals surface area contributed by atoms with Crippen molar-refractivity contribution < 1.29 is 0 Å². The van der Waals surface area contributed by atoms with Crippen molar-refractivity contribution in [1.29, 1.82) is 0 Å². The fourth-order valence-electron chi connectivity index (χ4n) is 0.933. The molecule has 1 rings (SSSR count). The number of rotatable bonds is 0. The van der Waals surface area contributed by atoms with Crippen LogP contribution in [0.1, 0.15) is 34.6 Å². The predicted octanol–water partition coefficient (Wildman–Crippen LogP) is 2.78. The van der Waals surface area contributed by atoms with Crippen molar-refractivity contribution in [2.24, 2.45) is 4.99 Å². The second-order valence-corrected chi connectivity index (χ2v) is 2.39. The number of hydrogen-bond acceptors (Lipinski definition) is 1. The van der Waals surface area contributed by atoms with Crippen LogP contribution in [0.4, 0.5) is 0 Å². The zero-order valence-electron chi connectivity index (χ0n) is 5.65. The highest BCUT2D eigenvalue weighted by Gasteiger charge is 2.04. The Labute approximate surface area is 57.5 Å². The topological polar surface area (TPSA) is 12.4 Å². The molecule has 1 aliphatic heterocycles. The number of aliphatic imine (C=N–C) groups is 1. The summed E-state index contributed by atoms with van der Waals surface area (Å²) in [5.41, 5.74) is 3.88. The molecule has 1 nitrogen and oxygen atoms in total. The van der Waals surface area contributed by atoms with Gasteiger partial charge in [-0.2, -0.15) is 0 Å². The molecular formula is C8H15N. The van der Waals surface area contributed by atoms with Gasteiger partial charge in [0, 0.05) is 17.8 Å². The van der Waals surface area contributed by atoms with E-state index in [4.69, 9.17) is 0 Å². The van der Waals surface area contributed by atoms with Gasteiger partial charge in [0.25, 0.3) is 0 Å². The van der Waals surface area contributed by atoms with Gasteiger partial charge in [-0.25, -0.2) is 0 Å². The number of hydrogen-bond donors (Lipinski definition) is 0. The Morgan fingerprint density at radius 3 is 1.89 bits per heavy atom. The summed E-state index contributed by atoms with van der Waals surface area (Å²) >= 11 is 0. The van der Waals surface area contributed by atoms with Crippen LogP contribution in [0, 0.1) is 0 Å². The van der Waals surface area contributed by atoms with Crippen LogP contribution in [0.5, 0.6) is 0 Å². The normalized spacial score (nSPS) is 17.4. The second kappa shape index (κ2) is 2.81. The molecule has 0 fully saturated rings. The van der Waals surface area contributed by atoms with Crippen molar-refractivity contribution in [1.82, 2.24) is 0 Å². The van der Waals surface area contributed by atoms with Gasteiger partial charge in [-0.3, -0.25) is 4.99 Å². The van der Waals surface area contributed by atoms with E-state index in [-0.39, 0.29) is 7.43 Å². The van der Waals surface area contributed by atoms with E-state index in [0.29, 0.717) is 0 Å². The molecule has 1 heteroatoms. The van der Waals surface area contributed by atoms with E-state index in [9.17, 15) is 0 Å². The third kappa shape index (κ3) is 1.67. The molecule has 0 unspecified atom stereocenters. The van der Waals surface area contributed by atoms with Crippen molar-refractivity contribution in [3.8, 4) is 0 Å². The fraction of sp³-hybridized carbons (Fsp3) is 0.625. The lowest BCUT2D eigenvalue weighted by atomic mass is 10.2. The van der Waals surface area contributed by atoms with Gasteiger partial charge in [0.1, 0.15) is 0 Å². The quantitative estimate of drug-likeness (QED) is 0.472. The first-order chi connectivity index (χ1) is 3.70. The van der Waals surface area contributed by atoms with Crippen molar-refractivity contribution in [3.63, 3.8) is 0 Å². The summed E-state index contributed by atoms with van der Waals surface area (Å²) in [4.78, 5) is 4.27. The summed E-state index contributed by atoms with van der Waals surface area (Å²) in [5.74, 6) is 0. The van der Waals surface area contributed by atoms with E-state index in [2.05, 4.69) is 25.8 Å². The summed E-state index contributed by atoms with van der Waals surface area (Å²) in [5, 5.41) is 0. The lowest BCUT2D eigenvalue weighted by Gasteiger charge is -1.86. The van der Waals surface area contributed by atoms with Gasteiger partial charge in [-0.05, 0) is 26.3 Å². The Hall–Kier alpha value is -0.590. The Bertz CT molecular complexity index is 163. The molecule has 1 aliphatic rings. The van der Waals surface area contributed by atoms with Crippen LogP contribution < -0.4 is 0 Å². The molecular weight excluding hydrogens is 110 g/mol. The van der Waals surface area contributed by atoms with Gasteiger partial charge in [0.2, 0.25) is 0 Å². The Morgan fingerprint density at radius 2 is 1.78 bits per heavy atom. The molecule has 0 N–H and O–H groups in total. The minimum atomic E-state index is 0. The molecule has 0 amide bonds. The molecule has 1 heterocycles. The van der Waals surface area contributed by atoms with E-state index in [1.807, 2.05) is 0 Å². The SMILES string of the molecule is C.CC1=NC(C)=C(C)C1. The molecule has 0 spiro atoms. The van der Waals surface area contributed by atoms with Gasteiger partial charge in [0.05, 0.1) is 0 Å². The first-order valence-corrected chi connectivity index (χ1v) is 2.90. The average Bonchev–Trinajstić information content (AvgIpc) is 1.85. The maximum Gasteiger partial charge on any atom is 0.0365 e. The third-order valence-corrected chi connectivity index (χ3v) is 1.50. The first-order valence-electron chi connectivity index (χ1n) is 2.90. The highest BCUT2D eigenvalue weighted by Crippen LogP contribution is 2.17. The molecule has 0 aromatic carbocycles. The van der Waals surface area contributed by atoms with Crippen LogP contribution in [0.15, 0.2) is 16.3 Å². The van der Waals surface area contributed by atoms with Gasteiger partial charge < -0.3 is 0 Å². The minimum Gasteiger partial charge on any atom is -0.263 e. The maximum absolute atomic E-state index is 4.27. The highest BCUT2D eigenvalue weighted by atomic mass is 14.8. The zero-order valence-corrected chi connectivity index (χ0v) is 5.65. The van der Waals surface area contributed by atoms with Crippen molar-refractivity contribution in [3.05, 3.63) is 11.3 Å². The van der Waals surface area contributed by atoms with Gasteiger partial charge in [0.15, 0.2) is 0 Å². The smallest absolute Gasteiger partial charge is 0.0365 e. The largest absolute Gasteiger partial charge is 0.263 e. The molecule has 0 saturated carbocycles. The lowest BCUT2D eigenvalue weighted by molar-refractivity contribution is 1.22. The molecule has 52 valence electrons. The van der Waals surface area contributed by atoms with Gasteiger partial charge in [-0.15, -0.1) is 0 Å². The van der Waals surface area contributed by atoms with E-state index in [1.165, 1.54) is 17.0 Å². The second-order valence-electron chi connectivity index (χ2n) is 2.39. The van der Waals surface area contributed by atoms with E-state index in [1.54, 1.807) is 0 Å². The fourth-order valence-corrected chi connectivity index (χ4v) is 0.933. The monoisotopic (exact) mass is 125 g/mol. The van der Waals surface area contributed by atoms with Crippen molar-refractivity contribution in [2.75, 3.05) is 0 Å². The van der Waals surface area contributed by atoms with Crippen LogP contribution in [0.2, 0.25) is 0 Å². The van der Waals surface area contributed by atoms with Gasteiger partial charge in [-0.1, -0.05) is 7.43 Å². The minimum absolute atomic E-state index is 0. The molecule has 0 atom stereocenters. The predicted molar refractivity (Wildman–Crippen MR) is 42.8 cm³/mol. The Morgan fingerprint density at radius 1 is 1.22 bits per heavy atom. The molecule has 0 radical (unpaired) electrons. The molecule has 0 aliphatic carbocycles. The van der Waals surface area contributed by atoms with Crippen LogP contribution in [0.3, 0.4) is 0 Å². The third-order valence-electron chi connectivity index (χ3n) is 1.50. The van der Waals surface area contributed by atoms with Crippen LogP contribution in [-0.4, -0.2) is 5.71 Å². The maximum atomic E-state index is 4.27. The molecule has 9 heavy (non-hydrogen) atoms. The van der Waals surface area contributed by atoms with E-state index in [0.717, 1.165) is 6.42 Å². The summed E-state index contributed by atoms with van der Waals surface area (Å²) in [6.45, 7) is 6.27. The molecule has 0 bridgehead atoms.